The maximum absolute atomic E-state index is 15.0. The van der Waals surface area contributed by atoms with Crippen LogP contribution in [0.4, 0.5) is 13.6 Å². The number of halogens is 2. The molecule has 2 fully saturated rings. The zero-order valence-electron chi connectivity index (χ0n) is 28.2. The Hall–Kier alpha value is -3.65. The van der Waals surface area contributed by atoms with Crippen LogP contribution in [0.15, 0.2) is 18.2 Å². The first-order valence-electron chi connectivity index (χ1n) is 16.3. The average Bonchev–Trinajstić information content (AvgIpc) is 3.43. The Kier molecular flexibility index (Phi) is 11.9. The van der Waals surface area contributed by atoms with Crippen LogP contribution in [0.2, 0.25) is 0 Å². The normalized spacial score (nSPS) is 20.5. The molecule has 0 bridgehead atoms. The van der Waals surface area contributed by atoms with E-state index in [1.807, 2.05) is 34.6 Å². The number of unbranched alkanes of at least 4 members (excludes halogenated alkanes) is 1. The third-order valence-electron chi connectivity index (χ3n) is 8.80. The van der Waals surface area contributed by atoms with Crippen LogP contribution >= 0.6 is 0 Å². The van der Waals surface area contributed by atoms with Crippen molar-refractivity contribution in [2.24, 2.45) is 17.3 Å². The highest BCUT2D eigenvalue weighted by molar-refractivity contribution is 5.94. The molecule has 0 spiro atoms. The van der Waals surface area contributed by atoms with E-state index in [4.69, 9.17) is 9.47 Å². The molecule has 2 aliphatic rings. The van der Waals surface area contributed by atoms with Crippen molar-refractivity contribution in [2.75, 3.05) is 53.1 Å². The van der Waals surface area contributed by atoms with Gasteiger partial charge in [-0.1, -0.05) is 45.9 Å². The van der Waals surface area contributed by atoms with Crippen molar-refractivity contribution in [3.63, 3.8) is 0 Å². The van der Waals surface area contributed by atoms with E-state index < -0.39 is 52.7 Å². The minimum absolute atomic E-state index is 0.00115. The fraction of sp³-hybridized carbons (Fsp3) is 0.667. The molecule has 1 aromatic carbocycles. The number of likely N-dealkylation sites (tertiary alicyclic amines) is 1. The lowest BCUT2D eigenvalue weighted by molar-refractivity contribution is -0.144. The number of rotatable bonds is 11. The molecule has 1 unspecified atom stereocenters. The van der Waals surface area contributed by atoms with Gasteiger partial charge in [0, 0.05) is 39.9 Å². The Morgan fingerprint density at radius 3 is 2.36 bits per heavy atom. The van der Waals surface area contributed by atoms with E-state index in [0.717, 1.165) is 16.8 Å². The molecule has 12 nitrogen and oxygen atoms in total. The predicted molar refractivity (Wildman–Crippen MR) is 169 cm³/mol. The van der Waals surface area contributed by atoms with Gasteiger partial charge in [0.1, 0.15) is 5.69 Å². The minimum Gasteiger partial charge on any atom is -0.465 e. The molecule has 3 heterocycles. The number of amides is 3. The van der Waals surface area contributed by atoms with Gasteiger partial charge >= 0.3 is 6.09 Å². The number of morpholine rings is 1. The number of carbonyl (C=O) groups is 3. The molecule has 0 radical (unpaired) electrons. The molecule has 0 saturated carbocycles. The molecule has 3 atom stereocenters. The lowest BCUT2D eigenvalue weighted by Crippen LogP contribution is -2.66. The van der Waals surface area contributed by atoms with Crippen LogP contribution in [0.5, 0.6) is 0 Å². The van der Waals surface area contributed by atoms with Crippen LogP contribution in [0.3, 0.4) is 0 Å². The second-order valence-electron chi connectivity index (χ2n) is 13.9. The van der Waals surface area contributed by atoms with Gasteiger partial charge in [-0.3, -0.25) is 9.59 Å². The minimum atomic E-state index is -1.17. The summed E-state index contributed by atoms with van der Waals surface area (Å²) in [5.74, 6) is -3.15. The number of ether oxygens (including phenoxy) is 2. The summed E-state index contributed by atoms with van der Waals surface area (Å²) in [4.78, 5) is 46.0. The molecule has 3 amide bonds. The van der Waals surface area contributed by atoms with Gasteiger partial charge in [-0.25, -0.2) is 18.3 Å². The summed E-state index contributed by atoms with van der Waals surface area (Å²) >= 11 is 0. The summed E-state index contributed by atoms with van der Waals surface area (Å²) < 4.78 is 41.7. The van der Waals surface area contributed by atoms with Crippen LogP contribution in [-0.4, -0.2) is 118 Å². The number of piperidine rings is 1. The number of carbonyl (C=O) groups excluding carboxylic acids is 2. The van der Waals surface area contributed by atoms with Gasteiger partial charge in [-0.05, 0) is 49.1 Å². The molecular formula is C33H48F2N6O6. The average molecular weight is 663 g/mol. The molecule has 14 heteroatoms. The standard InChI is InChI=1S/C33H48F2N6O6/c1-21(2)19-39(26-18-22(30(42)38-13-16-47-17-14-38)20-40(32(44)45)29(26)33(3,4)5)31(43)27-25(12-7-8-15-46-6)41(37-36-27)28-23(34)10-9-11-24(28)35/h9-11,21-22,26,29H,7-8,12-20H2,1-6H3,(H,44,45)/t22-,26+,29?/m1/s1. The summed E-state index contributed by atoms with van der Waals surface area (Å²) in [7, 11) is 1.58. The van der Waals surface area contributed by atoms with Crippen molar-refractivity contribution in [3.05, 3.63) is 41.2 Å². The lowest BCUT2D eigenvalue weighted by Gasteiger charge is -2.52. The third kappa shape index (κ3) is 8.26. The Balaban J connectivity index is 1.82. The molecule has 4 rings (SSSR count). The third-order valence-corrected chi connectivity index (χ3v) is 8.80. The fourth-order valence-electron chi connectivity index (χ4n) is 6.81. The van der Waals surface area contributed by atoms with Gasteiger partial charge in [-0.2, -0.15) is 0 Å². The second kappa shape index (κ2) is 15.5. The van der Waals surface area contributed by atoms with Crippen LogP contribution < -0.4 is 0 Å². The number of methoxy groups -OCH3 is 1. The van der Waals surface area contributed by atoms with E-state index >= 15 is 8.78 Å². The number of carboxylic acid groups (broad SMARTS) is 1. The maximum Gasteiger partial charge on any atom is 0.407 e. The van der Waals surface area contributed by atoms with Crippen molar-refractivity contribution in [2.45, 2.75) is 72.4 Å². The van der Waals surface area contributed by atoms with Crippen molar-refractivity contribution in [1.29, 1.82) is 0 Å². The summed E-state index contributed by atoms with van der Waals surface area (Å²) in [5.41, 5.74) is -0.887. The SMILES string of the molecule is COCCCCc1c(C(=O)N(CC(C)C)[C@H]2C[C@@H](C(=O)N3CCOCC3)CN(C(=O)O)C2C(C)(C)C)nnn1-c1c(F)cccc1F. The Morgan fingerprint density at radius 2 is 1.79 bits per heavy atom. The van der Waals surface area contributed by atoms with Gasteiger partial charge in [0.05, 0.1) is 36.9 Å². The smallest absolute Gasteiger partial charge is 0.407 e. The molecule has 2 aliphatic heterocycles. The van der Waals surface area contributed by atoms with E-state index in [-0.39, 0.29) is 49.1 Å². The first-order valence-corrected chi connectivity index (χ1v) is 16.3. The van der Waals surface area contributed by atoms with Gasteiger partial charge in [-0.15, -0.1) is 5.10 Å². The number of hydrogen-bond donors (Lipinski definition) is 1. The predicted octanol–water partition coefficient (Wildman–Crippen LogP) is 4.25. The monoisotopic (exact) mass is 662 g/mol. The zero-order valence-corrected chi connectivity index (χ0v) is 28.2. The number of para-hydroxylation sites is 1. The first kappa shape index (κ1) is 36.2. The highest BCUT2D eigenvalue weighted by Gasteiger charge is 2.50. The van der Waals surface area contributed by atoms with Gasteiger partial charge < -0.3 is 29.3 Å². The first-order chi connectivity index (χ1) is 22.3. The van der Waals surface area contributed by atoms with Crippen LogP contribution in [0.1, 0.15) is 70.1 Å². The highest BCUT2D eigenvalue weighted by Crippen LogP contribution is 2.39. The summed E-state index contributed by atoms with van der Waals surface area (Å²) in [5, 5.41) is 18.7. The van der Waals surface area contributed by atoms with E-state index in [1.165, 1.54) is 11.0 Å². The quantitative estimate of drug-likeness (QED) is 0.354. The summed E-state index contributed by atoms with van der Waals surface area (Å²) in [6, 6.07) is 2.10. The van der Waals surface area contributed by atoms with Crippen LogP contribution in [0, 0.1) is 28.9 Å². The Labute approximate surface area is 275 Å². The van der Waals surface area contributed by atoms with Crippen LogP contribution in [-0.2, 0) is 20.7 Å². The molecular weight excluding hydrogens is 614 g/mol. The highest BCUT2D eigenvalue weighted by atomic mass is 19.1. The number of aromatic nitrogens is 3. The largest absolute Gasteiger partial charge is 0.465 e. The molecule has 1 N–H and O–H groups in total. The van der Waals surface area contributed by atoms with E-state index in [0.29, 0.717) is 45.8 Å². The Morgan fingerprint density at radius 1 is 1.13 bits per heavy atom. The number of hydrogen-bond acceptors (Lipinski definition) is 7. The molecule has 0 aliphatic carbocycles. The number of benzene rings is 1. The maximum atomic E-state index is 15.0. The fourth-order valence-corrected chi connectivity index (χ4v) is 6.81. The molecule has 1 aromatic heterocycles. The van der Waals surface area contributed by atoms with Crippen molar-refractivity contribution in [3.8, 4) is 5.69 Å². The number of nitrogens with zero attached hydrogens (tertiary/aromatic N) is 6. The zero-order chi connectivity index (χ0) is 34.5. The molecule has 47 heavy (non-hydrogen) atoms. The molecule has 2 saturated heterocycles. The van der Waals surface area contributed by atoms with E-state index in [1.54, 1.807) is 16.9 Å². The lowest BCUT2D eigenvalue weighted by atomic mass is 9.74. The van der Waals surface area contributed by atoms with Crippen LogP contribution in [0.25, 0.3) is 5.69 Å². The van der Waals surface area contributed by atoms with Gasteiger partial charge in [0.15, 0.2) is 17.3 Å². The van der Waals surface area contributed by atoms with Gasteiger partial charge in [0.25, 0.3) is 5.91 Å². The van der Waals surface area contributed by atoms with E-state index in [2.05, 4.69) is 10.3 Å². The van der Waals surface area contributed by atoms with Crippen molar-refractivity contribution >= 4 is 17.9 Å². The molecule has 260 valence electrons. The van der Waals surface area contributed by atoms with Crippen molar-refractivity contribution < 1.29 is 37.7 Å². The Bertz CT molecular complexity index is 1390. The topological polar surface area (TPSA) is 130 Å². The van der Waals surface area contributed by atoms with E-state index in [9.17, 15) is 19.5 Å². The second-order valence-corrected chi connectivity index (χ2v) is 13.9. The molecule has 2 aromatic rings. The van der Waals surface area contributed by atoms with Gasteiger partial charge in [0.2, 0.25) is 5.91 Å². The summed E-state index contributed by atoms with van der Waals surface area (Å²) in [6.45, 7) is 11.9. The van der Waals surface area contributed by atoms with Crippen molar-refractivity contribution in [1.82, 2.24) is 29.7 Å². The summed E-state index contributed by atoms with van der Waals surface area (Å²) in [6.07, 6.45) is 0.440.